The lowest BCUT2D eigenvalue weighted by Gasteiger charge is -2.26. The normalized spacial score (nSPS) is 18.9. The summed E-state index contributed by atoms with van der Waals surface area (Å²) in [4.78, 5) is 26.9. The maximum Gasteiger partial charge on any atom is 0.295 e. The fourth-order valence-electron chi connectivity index (χ4n) is 3.26. The number of aliphatic hydroxyl groups excluding tert-OH is 1. The van der Waals surface area contributed by atoms with Crippen molar-refractivity contribution in [1.29, 1.82) is 0 Å². The van der Waals surface area contributed by atoms with Gasteiger partial charge in [-0.1, -0.05) is 60.1 Å². The van der Waals surface area contributed by atoms with Gasteiger partial charge >= 0.3 is 0 Å². The van der Waals surface area contributed by atoms with Crippen molar-refractivity contribution in [2.24, 2.45) is 0 Å². The number of methoxy groups -OCH3 is 1. The Hall–Kier alpha value is -2.63. The molecular weight excluding hydrogens is 366 g/mol. The number of aliphatic hydroxyl groups is 1. The van der Waals surface area contributed by atoms with E-state index in [1.54, 1.807) is 55.6 Å². The number of Topliss-reactive ketones (excluding diaryl/α,β-unsaturated/α-hetero) is 1. The molecule has 1 amide bonds. The minimum Gasteiger partial charge on any atom is -0.507 e. The molecule has 0 aliphatic carbocycles. The zero-order valence-electron chi connectivity index (χ0n) is 14.9. The van der Waals surface area contributed by atoms with E-state index in [1.807, 2.05) is 6.07 Å². The number of hydrogen-bond acceptors (Lipinski definition) is 4. The van der Waals surface area contributed by atoms with E-state index in [1.165, 1.54) is 4.90 Å². The Kier molecular flexibility index (Phi) is 5.94. The number of hydrogen-bond donors (Lipinski definition) is 1. The molecule has 1 aliphatic rings. The first-order chi connectivity index (χ1) is 13.1. The largest absolute Gasteiger partial charge is 0.507 e. The number of benzene rings is 2. The second-order valence-corrected chi connectivity index (χ2v) is 6.63. The standard InChI is InChI=1S/C21H20ClNO4/c1-27-13-7-12-23-18(15-10-5-6-11-16(15)22)17(20(25)21(23)26)19(24)14-8-3-2-4-9-14/h2-6,8-11,18,24H,7,12-13H2,1H3/b19-17-. The van der Waals surface area contributed by atoms with Crippen LogP contribution in [0.3, 0.4) is 0 Å². The van der Waals surface area contributed by atoms with Crippen molar-refractivity contribution in [3.8, 4) is 0 Å². The number of carbonyl (C=O) groups is 2. The van der Waals surface area contributed by atoms with Gasteiger partial charge in [0.25, 0.3) is 11.7 Å². The van der Waals surface area contributed by atoms with Crippen molar-refractivity contribution in [2.75, 3.05) is 20.3 Å². The molecule has 1 aliphatic heterocycles. The van der Waals surface area contributed by atoms with Crippen LogP contribution in [0.4, 0.5) is 0 Å². The van der Waals surface area contributed by atoms with Gasteiger partial charge in [0.05, 0.1) is 11.6 Å². The van der Waals surface area contributed by atoms with Crippen LogP contribution >= 0.6 is 11.6 Å². The van der Waals surface area contributed by atoms with E-state index in [9.17, 15) is 14.7 Å². The third-order valence-electron chi connectivity index (χ3n) is 4.53. The first-order valence-corrected chi connectivity index (χ1v) is 9.01. The van der Waals surface area contributed by atoms with Crippen LogP contribution in [0.25, 0.3) is 5.76 Å². The number of likely N-dealkylation sites (tertiary alicyclic amines) is 1. The van der Waals surface area contributed by atoms with Crippen molar-refractivity contribution >= 4 is 29.1 Å². The summed E-state index contributed by atoms with van der Waals surface area (Å²) in [6, 6.07) is 15.0. The molecule has 0 saturated carbocycles. The maximum atomic E-state index is 12.8. The lowest BCUT2D eigenvalue weighted by Crippen LogP contribution is -2.31. The van der Waals surface area contributed by atoms with Crippen LogP contribution in [0, 0.1) is 0 Å². The minimum atomic E-state index is -0.740. The van der Waals surface area contributed by atoms with Gasteiger partial charge in [-0.2, -0.15) is 0 Å². The van der Waals surface area contributed by atoms with Crippen molar-refractivity contribution in [2.45, 2.75) is 12.5 Å². The molecule has 140 valence electrons. The number of ketones is 1. The highest BCUT2D eigenvalue weighted by atomic mass is 35.5. The van der Waals surface area contributed by atoms with E-state index >= 15 is 0 Å². The highest BCUT2D eigenvalue weighted by molar-refractivity contribution is 6.47. The SMILES string of the molecule is COCCCN1C(=O)C(=O)/C(=C(\O)c2ccccc2)C1c1ccccc1Cl. The van der Waals surface area contributed by atoms with E-state index in [-0.39, 0.29) is 11.3 Å². The van der Waals surface area contributed by atoms with Crippen molar-refractivity contribution in [1.82, 2.24) is 4.90 Å². The number of amides is 1. The summed E-state index contributed by atoms with van der Waals surface area (Å²) < 4.78 is 5.06. The maximum absolute atomic E-state index is 12.8. The lowest BCUT2D eigenvalue weighted by atomic mass is 9.95. The van der Waals surface area contributed by atoms with Crippen molar-refractivity contribution in [3.05, 3.63) is 76.3 Å². The van der Waals surface area contributed by atoms with Gasteiger partial charge in [-0.15, -0.1) is 0 Å². The molecule has 0 bridgehead atoms. The third-order valence-corrected chi connectivity index (χ3v) is 4.88. The molecule has 1 atom stereocenters. The smallest absolute Gasteiger partial charge is 0.295 e. The zero-order valence-corrected chi connectivity index (χ0v) is 15.6. The highest BCUT2D eigenvalue weighted by Gasteiger charge is 2.46. The Morgan fingerprint density at radius 2 is 1.78 bits per heavy atom. The van der Waals surface area contributed by atoms with Crippen LogP contribution in [0.1, 0.15) is 23.6 Å². The van der Waals surface area contributed by atoms with Crippen LogP contribution in [0.2, 0.25) is 5.02 Å². The molecule has 1 heterocycles. The van der Waals surface area contributed by atoms with E-state index in [0.717, 1.165) is 0 Å². The second kappa shape index (κ2) is 8.37. The fourth-order valence-corrected chi connectivity index (χ4v) is 3.50. The molecule has 1 saturated heterocycles. The molecule has 2 aromatic carbocycles. The molecule has 1 fully saturated rings. The minimum absolute atomic E-state index is 0.0525. The quantitative estimate of drug-likeness (QED) is 0.355. The first-order valence-electron chi connectivity index (χ1n) is 8.63. The summed E-state index contributed by atoms with van der Waals surface area (Å²) in [6.07, 6.45) is 0.565. The third kappa shape index (κ3) is 3.75. The van der Waals surface area contributed by atoms with Gasteiger partial charge in [0, 0.05) is 30.8 Å². The van der Waals surface area contributed by atoms with Crippen LogP contribution < -0.4 is 0 Å². The van der Waals surface area contributed by atoms with Gasteiger partial charge in [-0.25, -0.2) is 0 Å². The predicted octanol–water partition coefficient (Wildman–Crippen LogP) is 3.80. The Morgan fingerprint density at radius 1 is 1.11 bits per heavy atom. The summed E-state index contributed by atoms with van der Waals surface area (Å²) in [7, 11) is 1.58. The molecule has 0 radical (unpaired) electrons. The van der Waals surface area contributed by atoms with Gasteiger partial charge < -0.3 is 14.7 Å². The monoisotopic (exact) mass is 385 g/mol. The van der Waals surface area contributed by atoms with E-state index in [2.05, 4.69) is 0 Å². The van der Waals surface area contributed by atoms with E-state index in [4.69, 9.17) is 16.3 Å². The summed E-state index contributed by atoms with van der Waals surface area (Å²) in [5.74, 6) is -1.56. The molecule has 5 nitrogen and oxygen atoms in total. The fraction of sp³-hybridized carbons (Fsp3) is 0.238. The molecule has 0 spiro atoms. The van der Waals surface area contributed by atoms with Crippen molar-refractivity contribution in [3.63, 3.8) is 0 Å². The first kappa shape index (κ1) is 19.1. The molecule has 27 heavy (non-hydrogen) atoms. The Morgan fingerprint density at radius 3 is 2.44 bits per heavy atom. The molecule has 1 N–H and O–H groups in total. The highest BCUT2D eigenvalue weighted by Crippen LogP contribution is 2.41. The Labute approximate surface area is 162 Å². The van der Waals surface area contributed by atoms with E-state index < -0.39 is 17.7 Å². The predicted molar refractivity (Wildman–Crippen MR) is 103 cm³/mol. The van der Waals surface area contributed by atoms with E-state index in [0.29, 0.717) is 35.7 Å². The van der Waals surface area contributed by atoms with Crippen LogP contribution in [0.5, 0.6) is 0 Å². The number of nitrogens with zero attached hydrogens (tertiary/aromatic N) is 1. The Bertz CT molecular complexity index is 879. The average Bonchev–Trinajstić information content (AvgIpc) is 2.93. The topological polar surface area (TPSA) is 66.8 Å². The number of ether oxygens (including phenoxy) is 1. The number of rotatable bonds is 6. The lowest BCUT2D eigenvalue weighted by molar-refractivity contribution is -0.140. The van der Waals surface area contributed by atoms with Crippen LogP contribution in [-0.2, 0) is 14.3 Å². The van der Waals surface area contributed by atoms with Gasteiger partial charge in [-0.3, -0.25) is 9.59 Å². The van der Waals surface area contributed by atoms with Crippen LogP contribution in [-0.4, -0.2) is 42.0 Å². The summed E-state index contributed by atoms with van der Waals surface area (Å²) in [5, 5.41) is 11.3. The molecule has 0 aromatic heterocycles. The van der Waals surface area contributed by atoms with Gasteiger partial charge in [-0.05, 0) is 18.1 Å². The molecular formula is C21H20ClNO4. The molecule has 2 aromatic rings. The second-order valence-electron chi connectivity index (χ2n) is 6.23. The summed E-state index contributed by atoms with van der Waals surface area (Å²) in [6.45, 7) is 0.775. The molecule has 1 unspecified atom stereocenters. The van der Waals surface area contributed by atoms with Gasteiger partial charge in [0.1, 0.15) is 5.76 Å². The average molecular weight is 386 g/mol. The van der Waals surface area contributed by atoms with Gasteiger partial charge in [0.15, 0.2) is 0 Å². The molecule has 3 rings (SSSR count). The summed E-state index contributed by atoms with van der Waals surface area (Å²) >= 11 is 6.36. The summed E-state index contributed by atoms with van der Waals surface area (Å²) in [5.41, 5.74) is 1.13. The van der Waals surface area contributed by atoms with Crippen LogP contribution in [0.15, 0.2) is 60.2 Å². The Balaban J connectivity index is 2.14. The number of carbonyl (C=O) groups excluding carboxylic acids is 2. The number of halogens is 1. The van der Waals surface area contributed by atoms with Gasteiger partial charge in [0.2, 0.25) is 0 Å². The van der Waals surface area contributed by atoms with Crippen molar-refractivity contribution < 1.29 is 19.4 Å². The molecule has 6 heteroatoms. The zero-order chi connectivity index (χ0) is 19.4.